The van der Waals surface area contributed by atoms with Crippen molar-refractivity contribution in [3.63, 3.8) is 0 Å². The highest BCUT2D eigenvalue weighted by Gasteiger charge is 2.09. The zero-order valence-corrected chi connectivity index (χ0v) is 11.1. The van der Waals surface area contributed by atoms with Gasteiger partial charge >= 0.3 is 6.61 Å². The molecule has 0 radical (unpaired) electrons. The topological polar surface area (TPSA) is 21.3 Å². The van der Waals surface area contributed by atoms with Crippen LogP contribution in [0, 0.1) is 5.92 Å². The second kappa shape index (κ2) is 7.31. The fraction of sp³-hybridized carbons (Fsp3) is 0.571. The molecule has 1 aromatic rings. The predicted molar refractivity (Wildman–Crippen MR) is 68.8 cm³/mol. The molecule has 0 saturated carbocycles. The van der Waals surface area contributed by atoms with Crippen molar-refractivity contribution < 1.29 is 13.5 Å². The molecule has 18 heavy (non-hydrogen) atoms. The predicted octanol–water partition coefficient (Wildman–Crippen LogP) is 3.81. The van der Waals surface area contributed by atoms with Crippen LogP contribution in [0.3, 0.4) is 0 Å². The molecule has 1 N–H and O–H groups in total. The second-order valence-electron chi connectivity index (χ2n) is 4.58. The summed E-state index contributed by atoms with van der Waals surface area (Å²) in [6, 6.07) is 7.17. The van der Waals surface area contributed by atoms with E-state index >= 15 is 0 Å². The summed E-state index contributed by atoms with van der Waals surface area (Å²) in [4.78, 5) is 0. The van der Waals surface area contributed by atoms with Gasteiger partial charge in [0.15, 0.2) is 0 Å². The first-order chi connectivity index (χ1) is 8.52. The van der Waals surface area contributed by atoms with Gasteiger partial charge in [-0.05, 0) is 30.5 Å². The Labute approximate surface area is 107 Å². The van der Waals surface area contributed by atoms with E-state index in [1.807, 2.05) is 0 Å². The van der Waals surface area contributed by atoms with E-state index in [4.69, 9.17) is 0 Å². The quantitative estimate of drug-likeness (QED) is 0.802. The Morgan fingerprint density at radius 3 is 2.28 bits per heavy atom. The Morgan fingerprint density at radius 2 is 1.78 bits per heavy atom. The van der Waals surface area contributed by atoms with Crippen molar-refractivity contribution in [3.8, 4) is 5.75 Å². The molecular weight excluding hydrogens is 236 g/mol. The van der Waals surface area contributed by atoms with E-state index < -0.39 is 6.61 Å². The van der Waals surface area contributed by atoms with Gasteiger partial charge in [-0.1, -0.05) is 32.4 Å². The fourth-order valence-electron chi connectivity index (χ4n) is 1.62. The van der Waals surface area contributed by atoms with Crippen LogP contribution < -0.4 is 10.1 Å². The smallest absolute Gasteiger partial charge is 0.387 e. The summed E-state index contributed by atoms with van der Waals surface area (Å²) in [5, 5.41) is 3.42. The maximum absolute atomic E-state index is 12.0. The molecule has 102 valence electrons. The number of rotatable bonds is 7. The first-order valence-electron chi connectivity index (χ1n) is 6.30. The number of nitrogens with one attached hydrogen (secondary N) is 1. The molecule has 0 amide bonds. The molecule has 0 fully saturated rings. The third-order valence-electron chi connectivity index (χ3n) is 3.27. The molecule has 0 aliphatic heterocycles. The van der Waals surface area contributed by atoms with Gasteiger partial charge < -0.3 is 10.1 Å². The summed E-state index contributed by atoms with van der Waals surface area (Å²) in [5.41, 5.74) is 1.06. The van der Waals surface area contributed by atoms with Gasteiger partial charge in [0.1, 0.15) is 5.75 Å². The van der Waals surface area contributed by atoms with Crippen molar-refractivity contribution in [2.24, 2.45) is 5.92 Å². The lowest BCUT2D eigenvalue weighted by Crippen LogP contribution is -2.31. The van der Waals surface area contributed by atoms with Crippen molar-refractivity contribution in [2.45, 2.75) is 46.4 Å². The van der Waals surface area contributed by atoms with Crippen LogP contribution in [0.1, 0.15) is 32.8 Å². The van der Waals surface area contributed by atoms with Crippen LogP contribution in [0.25, 0.3) is 0 Å². The highest BCUT2D eigenvalue weighted by atomic mass is 19.3. The van der Waals surface area contributed by atoms with E-state index in [9.17, 15) is 8.78 Å². The van der Waals surface area contributed by atoms with Crippen molar-refractivity contribution in [2.75, 3.05) is 0 Å². The molecule has 0 saturated heterocycles. The van der Waals surface area contributed by atoms with Gasteiger partial charge in [0.05, 0.1) is 0 Å². The molecule has 1 rings (SSSR count). The minimum atomic E-state index is -2.76. The zero-order valence-electron chi connectivity index (χ0n) is 11.1. The molecule has 0 heterocycles. The van der Waals surface area contributed by atoms with E-state index in [0.29, 0.717) is 12.0 Å². The maximum atomic E-state index is 12.0. The minimum Gasteiger partial charge on any atom is -0.435 e. The normalized spacial score (nSPS) is 14.6. The molecular formula is C14H21F2NO. The molecule has 0 aliphatic carbocycles. The molecule has 2 nitrogen and oxygen atoms in total. The number of ether oxygens (including phenoxy) is 1. The van der Waals surface area contributed by atoms with Crippen LogP contribution in [-0.2, 0) is 6.54 Å². The van der Waals surface area contributed by atoms with Crippen LogP contribution in [0.5, 0.6) is 5.75 Å². The van der Waals surface area contributed by atoms with E-state index in [1.165, 1.54) is 0 Å². The summed E-state index contributed by atoms with van der Waals surface area (Å²) in [7, 11) is 0. The van der Waals surface area contributed by atoms with E-state index in [-0.39, 0.29) is 5.75 Å². The SMILES string of the molecule is CCC(C)C(C)NCc1ccc(OC(F)F)cc1. The Morgan fingerprint density at radius 1 is 1.17 bits per heavy atom. The Kier molecular flexibility index (Phi) is 6.05. The average Bonchev–Trinajstić information content (AvgIpc) is 2.36. The van der Waals surface area contributed by atoms with Gasteiger partial charge in [-0.3, -0.25) is 0 Å². The van der Waals surface area contributed by atoms with Crippen LogP contribution in [0.4, 0.5) is 8.78 Å². The second-order valence-corrected chi connectivity index (χ2v) is 4.58. The average molecular weight is 257 g/mol. The number of benzene rings is 1. The first-order valence-corrected chi connectivity index (χ1v) is 6.30. The lowest BCUT2D eigenvalue weighted by molar-refractivity contribution is -0.0498. The molecule has 0 aliphatic rings. The molecule has 2 atom stereocenters. The van der Waals surface area contributed by atoms with Crippen molar-refractivity contribution in [1.29, 1.82) is 0 Å². The lowest BCUT2D eigenvalue weighted by Gasteiger charge is -2.20. The molecule has 4 heteroatoms. The standard InChI is InChI=1S/C14H21F2NO/c1-4-10(2)11(3)17-9-12-5-7-13(8-6-12)18-14(15)16/h5-8,10-11,14,17H,4,9H2,1-3H3. The highest BCUT2D eigenvalue weighted by Crippen LogP contribution is 2.15. The van der Waals surface area contributed by atoms with Gasteiger partial charge in [-0.25, -0.2) is 0 Å². The molecule has 0 bridgehead atoms. The number of alkyl halides is 2. The molecule has 0 spiro atoms. The largest absolute Gasteiger partial charge is 0.435 e. The van der Waals surface area contributed by atoms with Crippen molar-refractivity contribution >= 4 is 0 Å². The zero-order chi connectivity index (χ0) is 13.5. The van der Waals surface area contributed by atoms with Gasteiger partial charge in [0.25, 0.3) is 0 Å². The van der Waals surface area contributed by atoms with Gasteiger partial charge in [-0.2, -0.15) is 8.78 Å². The first kappa shape index (κ1) is 14.9. The van der Waals surface area contributed by atoms with E-state index in [0.717, 1.165) is 18.5 Å². The summed E-state index contributed by atoms with van der Waals surface area (Å²) >= 11 is 0. The summed E-state index contributed by atoms with van der Waals surface area (Å²) in [6.07, 6.45) is 1.13. The third-order valence-corrected chi connectivity index (χ3v) is 3.27. The fourth-order valence-corrected chi connectivity index (χ4v) is 1.62. The summed E-state index contributed by atoms with van der Waals surface area (Å²) < 4.78 is 28.2. The minimum absolute atomic E-state index is 0.198. The Balaban J connectivity index is 2.44. The number of hydrogen-bond donors (Lipinski definition) is 1. The van der Waals surface area contributed by atoms with Crippen LogP contribution in [0.15, 0.2) is 24.3 Å². The Hall–Kier alpha value is -1.16. The monoisotopic (exact) mass is 257 g/mol. The third kappa shape index (κ3) is 5.00. The molecule has 2 unspecified atom stereocenters. The van der Waals surface area contributed by atoms with Crippen LogP contribution in [-0.4, -0.2) is 12.7 Å². The maximum Gasteiger partial charge on any atom is 0.387 e. The lowest BCUT2D eigenvalue weighted by atomic mass is 10.0. The van der Waals surface area contributed by atoms with Gasteiger partial charge in [0.2, 0.25) is 0 Å². The van der Waals surface area contributed by atoms with Crippen LogP contribution >= 0.6 is 0 Å². The number of hydrogen-bond acceptors (Lipinski definition) is 2. The number of halogens is 2. The highest BCUT2D eigenvalue weighted by molar-refractivity contribution is 5.27. The summed E-state index contributed by atoms with van der Waals surface area (Å²) in [6.45, 7) is 4.50. The molecule has 0 aromatic heterocycles. The van der Waals surface area contributed by atoms with Gasteiger partial charge in [0, 0.05) is 12.6 Å². The Bertz CT molecular complexity index is 340. The van der Waals surface area contributed by atoms with E-state index in [2.05, 4.69) is 30.8 Å². The van der Waals surface area contributed by atoms with Crippen LogP contribution in [0.2, 0.25) is 0 Å². The molecule has 1 aromatic carbocycles. The summed E-state index contributed by atoms with van der Waals surface area (Å²) in [5.74, 6) is 0.815. The van der Waals surface area contributed by atoms with Gasteiger partial charge in [-0.15, -0.1) is 0 Å². The van der Waals surface area contributed by atoms with Crippen molar-refractivity contribution in [1.82, 2.24) is 5.32 Å². The van der Waals surface area contributed by atoms with Crippen molar-refractivity contribution in [3.05, 3.63) is 29.8 Å². The van der Waals surface area contributed by atoms with E-state index in [1.54, 1.807) is 24.3 Å².